The lowest BCUT2D eigenvalue weighted by Crippen LogP contribution is -2.52. The number of carbonyl (C=O) groups excluding carboxylic acids is 2. The second-order valence-corrected chi connectivity index (χ2v) is 11.1. The highest BCUT2D eigenvalue weighted by Crippen LogP contribution is 2.62. The van der Waals surface area contributed by atoms with Crippen LogP contribution < -0.4 is 5.32 Å². The first-order valence-electron chi connectivity index (χ1n) is 12.0. The van der Waals surface area contributed by atoms with Gasteiger partial charge in [0, 0.05) is 30.3 Å². The van der Waals surface area contributed by atoms with E-state index in [0.717, 1.165) is 23.5 Å². The van der Waals surface area contributed by atoms with Crippen LogP contribution in [0.1, 0.15) is 63.1 Å². The van der Waals surface area contributed by atoms with Crippen molar-refractivity contribution in [2.24, 2.45) is 16.7 Å². The Morgan fingerprint density at radius 2 is 1.88 bits per heavy atom. The molecular formula is C27H34N4O2. The Morgan fingerprint density at radius 3 is 2.52 bits per heavy atom. The zero-order valence-corrected chi connectivity index (χ0v) is 20.1. The lowest BCUT2D eigenvalue weighted by Gasteiger charge is -2.43. The van der Waals surface area contributed by atoms with Crippen LogP contribution in [0.25, 0.3) is 11.4 Å². The van der Waals surface area contributed by atoms with Crippen molar-refractivity contribution in [2.45, 2.75) is 66.1 Å². The molecule has 1 aromatic heterocycles. The minimum Gasteiger partial charge on any atom is -0.347 e. The maximum Gasteiger partial charge on any atom is 0.272 e. The summed E-state index contributed by atoms with van der Waals surface area (Å²) in [6.45, 7) is 14.0. The van der Waals surface area contributed by atoms with Crippen LogP contribution in [0.3, 0.4) is 0 Å². The third-order valence-electron chi connectivity index (χ3n) is 8.45. The van der Waals surface area contributed by atoms with Gasteiger partial charge in [0.2, 0.25) is 5.91 Å². The lowest BCUT2D eigenvalue weighted by molar-refractivity contribution is -0.128. The van der Waals surface area contributed by atoms with Crippen LogP contribution in [-0.2, 0) is 17.9 Å². The van der Waals surface area contributed by atoms with Gasteiger partial charge in [0.1, 0.15) is 5.82 Å². The maximum atomic E-state index is 13.7. The number of fused-ring (bicyclic) bond motifs is 3. The number of benzene rings is 1. The average molecular weight is 447 g/mol. The zero-order valence-electron chi connectivity index (χ0n) is 20.1. The number of amides is 2. The molecule has 3 unspecified atom stereocenters. The molecule has 174 valence electrons. The third-order valence-corrected chi connectivity index (χ3v) is 8.45. The molecule has 2 aliphatic carbocycles. The summed E-state index contributed by atoms with van der Waals surface area (Å²) in [5.74, 6) is 1.23. The highest BCUT2D eigenvalue weighted by molar-refractivity contribution is 5.96. The van der Waals surface area contributed by atoms with Crippen molar-refractivity contribution < 1.29 is 9.59 Å². The van der Waals surface area contributed by atoms with Crippen molar-refractivity contribution in [1.29, 1.82) is 0 Å². The fraction of sp³-hybridized carbons (Fsp3) is 0.519. The normalized spacial score (nSPS) is 27.3. The number of nitrogens with zero attached hydrogens (tertiary/aromatic N) is 3. The second-order valence-electron chi connectivity index (χ2n) is 11.1. The molecule has 0 saturated heterocycles. The summed E-state index contributed by atoms with van der Waals surface area (Å²) in [4.78, 5) is 33.0. The number of hydrogen-bond donors (Lipinski definition) is 1. The van der Waals surface area contributed by atoms with Crippen molar-refractivity contribution in [1.82, 2.24) is 19.8 Å². The molecule has 33 heavy (non-hydrogen) atoms. The Morgan fingerprint density at radius 1 is 1.15 bits per heavy atom. The standard InChI is InChI=1S/C27H34N4O2/c1-17(2)24(33)30-13-14-31-20(16-30)21(28-22(31)18-9-7-6-8-10-18)23(32)29-25-26(3,4)19-11-12-27(25,5)15-19/h6-10,19,25H,1,11-16H2,2-5H3,(H,29,32). The Balaban J connectivity index is 1.52. The second kappa shape index (κ2) is 7.57. The first-order valence-corrected chi connectivity index (χ1v) is 12.0. The van der Waals surface area contributed by atoms with E-state index in [1.54, 1.807) is 11.8 Å². The molecule has 2 bridgehead atoms. The Kier molecular flexibility index (Phi) is 5.03. The van der Waals surface area contributed by atoms with E-state index in [2.05, 4.69) is 37.2 Å². The number of rotatable bonds is 4. The monoisotopic (exact) mass is 446 g/mol. The highest BCUT2D eigenvalue weighted by Gasteiger charge is 2.59. The van der Waals surface area contributed by atoms with Crippen molar-refractivity contribution >= 4 is 11.8 Å². The molecular weight excluding hydrogens is 412 g/mol. The molecule has 1 aromatic carbocycles. The van der Waals surface area contributed by atoms with Crippen molar-refractivity contribution in [3.8, 4) is 11.4 Å². The topological polar surface area (TPSA) is 67.2 Å². The molecule has 2 saturated carbocycles. The highest BCUT2D eigenvalue weighted by atomic mass is 16.2. The predicted octanol–water partition coefficient (Wildman–Crippen LogP) is 4.41. The fourth-order valence-electron chi connectivity index (χ4n) is 6.66. The largest absolute Gasteiger partial charge is 0.347 e. The first-order chi connectivity index (χ1) is 15.6. The minimum absolute atomic E-state index is 0.0622. The SMILES string of the molecule is C=C(C)C(=O)N1CCn2c(-c3ccccc3)nc(C(=O)NC3C4(C)CCC(C4)C3(C)C)c2C1. The van der Waals surface area contributed by atoms with E-state index in [0.29, 0.717) is 36.8 Å². The summed E-state index contributed by atoms with van der Waals surface area (Å²) >= 11 is 0. The van der Waals surface area contributed by atoms with Gasteiger partial charge in [-0.25, -0.2) is 4.98 Å². The van der Waals surface area contributed by atoms with Gasteiger partial charge in [-0.2, -0.15) is 0 Å². The van der Waals surface area contributed by atoms with Gasteiger partial charge in [-0.1, -0.05) is 57.7 Å². The molecule has 2 aromatic rings. The van der Waals surface area contributed by atoms with E-state index in [9.17, 15) is 9.59 Å². The maximum absolute atomic E-state index is 13.7. The van der Waals surface area contributed by atoms with Crippen LogP contribution in [0.2, 0.25) is 0 Å². The van der Waals surface area contributed by atoms with Gasteiger partial charge in [0.15, 0.2) is 5.69 Å². The number of carbonyl (C=O) groups is 2. The molecule has 0 spiro atoms. The van der Waals surface area contributed by atoms with Crippen molar-refractivity contribution in [3.63, 3.8) is 0 Å². The Bertz CT molecular complexity index is 1130. The molecule has 2 heterocycles. The molecule has 6 nitrogen and oxygen atoms in total. The van der Waals surface area contributed by atoms with E-state index < -0.39 is 0 Å². The molecule has 0 radical (unpaired) electrons. The van der Waals surface area contributed by atoms with Crippen molar-refractivity contribution in [2.75, 3.05) is 6.54 Å². The summed E-state index contributed by atoms with van der Waals surface area (Å²) < 4.78 is 2.11. The van der Waals surface area contributed by atoms with E-state index in [1.165, 1.54) is 12.8 Å². The Labute approximate surface area is 196 Å². The average Bonchev–Trinajstić information content (AvgIpc) is 3.43. The molecule has 3 atom stereocenters. The molecule has 2 fully saturated rings. The van der Waals surface area contributed by atoms with E-state index in [1.807, 2.05) is 30.3 Å². The number of aromatic nitrogens is 2. The van der Waals surface area contributed by atoms with Crippen LogP contribution in [0.15, 0.2) is 42.5 Å². The summed E-state index contributed by atoms with van der Waals surface area (Å²) in [6, 6.07) is 10.1. The molecule has 6 heteroatoms. The minimum atomic E-state index is -0.127. The number of imidazole rings is 1. The van der Waals surface area contributed by atoms with Crippen LogP contribution in [0.5, 0.6) is 0 Å². The van der Waals surface area contributed by atoms with E-state index in [-0.39, 0.29) is 28.7 Å². The first kappa shape index (κ1) is 21.9. The van der Waals surface area contributed by atoms with Gasteiger partial charge >= 0.3 is 0 Å². The Hall–Kier alpha value is -2.89. The van der Waals surface area contributed by atoms with Gasteiger partial charge in [-0.3, -0.25) is 9.59 Å². The van der Waals surface area contributed by atoms with Crippen LogP contribution >= 0.6 is 0 Å². The third kappa shape index (κ3) is 3.42. The lowest BCUT2D eigenvalue weighted by atomic mass is 9.68. The van der Waals surface area contributed by atoms with Gasteiger partial charge in [-0.05, 0) is 42.9 Å². The quantitative estimate of drug-likeness (QED) is 0.708. The van der Waals surface area contributed by atoms with Crippen molar-refractivity contribution in [3.05, 3.63) is 53.9 Å². The molecule has 3 aliphatic rings. The molecule has 2 amide bonds. The van der Waals surface area contributed by atoms with Gasteiger partial charge in [0.25, 0.3) is 5.91 Å². The summed E-state index contributed by atoms with van der Waals surface area (Å²) in [7, 11) is 0. The smallest absolute Gasteiger partial charge is 0.272 e. The van der Waals surface area contributed by atoms with Gasteiger partial charge < -0.3 is 14.8 Å². The van der Waals surface area contributed by atoms with Crippen LogP contribution in [-0.4, -0.2) is 38.9 Å². The zero-order chi connectivity index (χ0) is 23.5. The number of hydrogen-bond acceptors (Lipinski definition) is 3. The van der Waals surface area contributed by atoms with E-state index >= 15 is 0 Å². The number of nitrogens with one attached hydrogen (secondary N) is 1. The van der Waals surface area contributed by atoms with E-state index in [4.69, 9.17) is 4.98 Å². The summed E-state index contributed by atoms with van der Waals surface area (Å²) in [5.41, 5.74) is 2.92. The summed E-state index contributed by atoms with van der Waals surface area (Å²) in [6.07, 6.45) is 3.57. The summed E-state index contributed by atoms with van der Waals surface area (Å²) in [5, 5.41) is 3.40. The molecule has 1 aliphatic heterocycles. The van der Waals surface area contributed by atoms with Gasteiger partial charge in [0.05, 0.1) is 12.2 Å². The van der Waals surface area contributed by atoms with Crippen LogP contribution in [0, 0.1) is 16.7 Å². The van der Waals surface area contributed by atoms with Crippen LogP contribution in [0.4, 0.5) is 0 Å². The van der Waals surface area contributed by atoms with Gasteiger partial charge in [-0.15, -0.1) is 0 Å². The fourth-order valence-corrected chi connectivity index (χ4v) is 6.66. The molecule has 5 rings (SSSR count). The molecule has 1 N–H and O–H groups in total. The predicted molar refractivity (Wildman–Crippen MR) is 128 cm³/mol.